The second kappa shape index (κ2) is 10.3. The lowest BCUT2D eigenvalue weighted by atomic mass is 10.2. The average molecular weight is 336 g/mol. The SMILES string of the molecule is CCOc1ccccc1C(=O)NCC(=O)OCC(=O)NCC(C)C. The Bertz CT molecular complexity index is 572. The first-order valence-electron chi connectivity index (χ1n) is 7.86. The Morgan fingerprint density at radius 1 is 1.12 bits per heavy atom. The van der Waals surface area contributed by atoms with Gasteiger partial charge in [-0.15, -0.1) is 0 Å². The fourth-order valence-corrected chi connectivity index (χ4v) is 1.75. The van der Waals surface area contributed by atoms with E-state index in [1.54, 1.807) is 24.3 Å². The summed E-state index contributed by atoms with van der Waals surface area (Å²) in [6, 6.07) is 6.74. The van der Waals surface area contributed by atoms with Gasteiger partial charge >= 0.3 is 5.97 Å². The van der Waals surface area contributed by atoms with E-state index in [2.05, 4.69) is 10.6 Å². The minimum absolute atomic E-state index is 0.314. The Kier molecular flexibility index (Phi) is 8.32. The van der Waals surface area contributed by atoms with Gasteiger partial charge in [-0.1, -0.05) is 26.0 Å². The number of para-hydroxylation sites is 1. The molecule has 0 saturated carbocycles. The molecule has 0 heterocycles. The van der Waals surface area contributed by atoms with Gasteiger partial charge in [0.15, 0.2) is 6.61 Å². The van der Waals surface area contributed by atoms with Crippen LogP contribution in [-0.4, -0.2) is 44.1 Å². The number of benzene rings is 1. The summed E-state index contributed by atoms with van der Waals surface area (Å²) in [5.41, 5.74) is 0.335. The normalized spacial score (nSPS) is 10.2. The van der Waals surface area contributed by atoms with Crippen molar-refractivity contribution in [3.63, 3.8) is 0 Å². The van der Waals surface area contributed by atoms with E-state index in [0.29, 0.717) is 30.4 Å². The van der Waals surface area contributed by atoms with Crippen LogP contribution in [0.2, 0.25) is 0 Å². The lowest BCUT2D eigenvalue weighted by molar-refractivity contribution is -0.147. The van der Waals surface area contributed by atoms with E-state index in [-0.39, 0.29) is 19.1 Å². The molecule has 1 aromatic carbocycles. The number of nitrogens with one attached hydrogen (secondary N) is 2. The van der Waals surface area contributed by atoms with E-state index in [1.807, 2.05) is 20.8 Å². The fraction of sp³-hybridized carbons (Fsp3) is 0.471. The minimum Gasteiger partial charge on any atom is -0.493 e. The largest absolute Gasteiger partial charge is 0.493 e. The van der Waals surface area contributed by atoms with Crippen molar-refractivity contribution in [1.29, 1.82) is 0 Å². The highest BCUT2D eigenvalue weighted by Gasteiger charge is 2.14. The molecule has 0 aromatic heterocycles. The molecule has 0 aliphatic carbocycles. The lowest BCUT2D eigenvalue weighted by Gasteiger charge is -2.11. The molecule has 0 saturated heterocycles. The van der Waals surface area contributed by atoms with E-state index in [1.165, 1.54) is 0 Å². The number of hydrogen-bond donors (Lipinski definition) is 2. The Labute approximate surface area is 141 Å². The molecule has 24 heavy (non-hydrogen) atoms. The summed E-state index contributed by atoms with van der Waals surface area (Å²) in [4.78, 5) is 35.1. The van der Waals surface area contributed by atoms with E-state index in [9.17, 15) is 14.4 Å². The van der Waals surface area contributed by atoms with Crippen LogP contribution >= 0.6 is 0 Å². The highest BCUT2D eigenvalue weighted by molar-refractivity contribution is 5.98. The Morgan fingerprint density at radius 2 is 1.83 bits per heavy atom. The number of carbonyl (C=O) groups excluding carboxylic acids is 3. The van der Waals surface area contributed by atoms with Crippen LogP contribution < -0.4 is 15.4 Å². The molecule has 2 N–H and O–H groups in total. The molecular formula is C17H24N2O5. The molecule has 0 spiro atoms. The van der Waals surface area contributed by atoms with E-state index in [4.69, 9.17) is 9.47 Å². The third-order valence-electron chi connectivity index (χ3n) is 2.90. The molecule has 0 radical (unpaired) electrons. The van der Waals surface area contributed by atoms with Crippen LogP contribution in [0.15, 0.2) is 24.3 Å². The number of esters is 1. The molecular weight excluding hydrogens is 312 g/mol. The van der Waals surface area contributed by atoms with Crippen LogP contribution in [0.1, 0.15) is 31.1 Å². The fourth-order valence-electron chi connectivity index (χ4n) is 1.75. The maximum absolute atomic E-state index is 12.1. The second-order valence-corrected chi connectivity index (χ2v) is 5.47. The summed E-state index contributed by atoms with van der Waals surface area (Å²) in [6.07, 6.45) is 0. The third kappa shape index (κ3) is 7.13. The number of carbonyl (C=O) groups is 3. The van der Waals surface area contributed by atoms with Crippen LogP contribution in [0.4, 0.5) is 0 Å². The summed E-state index contributed by atoms with van der Waals surface area (Å²) in [5.74, 6) is -0.740. The van der Waals surface area contributed by atoms with Crippen molar-refractivity contribution in [3.05, 3.63) is 29.8 Å². The van der Waals surface area contributed by atoms with Crippen molar-refractivity contribution in [2.75, 3.05) is 26.3 Å². The van der Waals surface area contributed by atoms with Gasteiger partial charge in [0.1, 0.15) is 12.3 Å². The summed E-state index contributed by atoms with van der Waals surface area (Å²) < 4.78 is 10.2. The quantitative estimate of drug-likeness (QED) is 0.659. The molecule has 132 valence electrons. The molecule has 7 heteroatoms. The van der Waals surface area contributed by atoms with E-state index in [0.717, 1.165) is 0 Å². The zero-order valence-electron chi connectivity index (χ0n) is 14.3. The molecule has 0 unspecified atom stereocenters. The highest BCUT2D eigenvalue weighted by atomic mass is 16.5. The molecule has 7 nitrogen and oxygen atoms in total. The molecule has 2 amide bonds. The second-order valence-electron chi connectivity index (χ2n) is 5.47. The van der Waals surface area contributed by atoms with Gasteiger partial charge < -0.3 is 20.1 Å². The highest BCUT2D eigenvalue weighted by Crippen LogP contribution is 2.17. The average Bonchev–Trinajstić information content (AvgIpc) is 2.56. The predicted octanol–water partition coefficient (Wildman–Crippen LogP) is 1.13. The van der Waals surface area contributed by atoms with Crippen molar-refractivity contribution >= 4 is 17.8 Å². The summed E-state index contributed by atoms with van der Waals surface area (Å²) in [7, 11) is 0. The molecule has 0 atom stereocenters. The van der Waals surface area contributed by atoms with Crippen molar-refractivity contribution in [2.24, 2.45) is 5.92 Å². The predicted molar refractivity (Wildman–Crippen MR) is 88.8 cm³/mol. The first-order chi connectivity index (χ1) is 11.4. The lowest BCUT2D eigenvalue weighted by Crippen LogP contribution is -2.35. The van der Waals surface area contributed by atoms with Gasteiger partial charge in [0, 0.05) is 6.54 Å². The van der Waals surface area contributed by atoms with Crippen molar-refractivity contribution in [3.8, 4) is 5.75 Å². The van der Waals surface area contributed by atoms with Gasteiger partial charge in [-0.25, -0.2) is 0 Å². The van der Waals surface area contributed by atoms with Crippen molar-refractivity contribution < 1.29 is 23.9 Å². The smallest absolute Gasteiger partial charge is 0.325 e. The first kappa shape index (κ1) is 19.5. The van der Waals surface area contributed by atoms with Crippen LogP contribution in [0.3, 0.4) is 0 Å². The number of hydrogen-bond acceptors (Lipinski definition) is 5. The van der Waals surface area contributed by atoms with Gasteiger partial charge in [0.25, 0.3) is 11.8 Å². The molecule has 1 aromatic rings. The van der Waals surface area contributed by atoms with Crippen LogP contribution in [0, 0.1) is 5.92 Å². The van der Waals surface area contributed by atoms with E-state index >= 15 is 0 Å². The van der Waals surface area contributed by atoms with Crippen LogP contribution in [-0.2, 0) is 14.3 Å². The minimum atomic E-state index is -0.683. The maximum Gasteiger partial charge on any atom is 0.325 e. The van der Waals surface area contributed by atoms with Gasteiger partial charge in [0.05, 0.1) is 12.2 Å². The topological polar surface area (TPSA) is 93.7 Å². The molecule has 0 fully saturated rings. The van der Waals surface area contributed by atoms with Gasteiger partial charge in [-0.05, 0) is 25.0 Å². The summed E-state index contributed by atoms with van der Waals surface area (Å²) in [5, 5.41) is 5.08. The number of rotatable bonds is 9. The van der Waals surface area contributed by atoms with Crippen LogP contribution in [0.5, 0.6) is 5.75 Å². The Hall–Kier alpha value is -2.57. The Morgan fingerprint density at radius 3 is 2.50 bits per heavy atom. The van der Waals surface area contributed by atoms with Gasteiger partial charge in [-0.3, -0.25) is 14.4 Å². The van der Waals surface area contributed by atoms with E-state index < -0.39 is 11.9 Å². The zero-order valence-corrected chi connectivity index (χ0v) is 14.3. The monoisotopic (exact) mass is 336 g/mol. The summed E-state index contributed by atoms with van der Waals surface area (Å²) >= 11 is 0. The molecule has 0 aliphatic rings. The molecule has 0 aliphatic heterocycles. The summed E-state index contributed by atoms with van der Waals surface area (Å²) in [6.45, 7) is 5.99. The first-order valence-corrected chi connectivity index (χ1v) is 7.86. The Balaban J connectivity index is 2.39. The van der Waals surface area contributed by atoms with Crippen molar-refractivity contribution in [1.82, 2.24) is 10.6 Å². The molecule has 1 rings (SSSR count). The standard InChI is InChI=1S/C17H24N2O5/c1-4-23-14-8-6-5-7-13(14)17(22)19-10-16(21)24-11-15(20)18-9-12(2)3/h5-8,12H,4,9-11H2,1-3H3,(H,18,20)(H,19,22). The maximum atomic E-state index is 12.1. The molecule has 0 bridgehead atoms. The third-order valence-corrected chi connectivity index (χ3v) is 2.90. The van der Waals surface area contributed by atoms with Gasteiger partial charge in [-0.2, -0.15) is 0 Å². The van der Waals surface area contributed by atoms with Crippen molar-refractivity contribution in [2.45, 2.75) is 20.8 Å². The zero-order chi connectivity index (χ0) is 17.9. The van der Waals surface area contributed by atoms with Crippen LogP contribution in [0.25, 0.3) is 0 Å². The number of amides is 2. The van der Waals surface area contributed by atoms with Gasteiger partial charge in [0.2, 0.25) is 0 Å². The number of ether oxygens (including phenoxy) is 2.